The zero-order valence-electron chi connectivity index (χ0n) is 11.3. The minimum absolute atomic E-state index is 0.145. The van der Waals surface area contributed by atoms with Crippen LogP contribution >= 0.6 is 11.6 Å². The molecule has 2 unspecified atom stereocenters. The first kappa shape index (κ1) is 14.8. The van der Waals surface area contributed by atoms with Gasteiger partial charge in [0.2, 0.25) is 0 Å². The van der Waals surface area contributed by atoms with Gasteiger partial charge in [0, 0.05) is 12.1 Å². The molecule has 0 saturated heterocycles. The van der Waals surface area contributed by atoms with Crippen molar-refractivity contribution in [1.29, 1.82) is 0 Å². The van der Waals surface area contributed by atoms with E-state index in [1.165, 1.54) is 12.5 Å². The number of benzene rings is 1. The molecule has 0 heterocycles. The molecule has 2 rings (SSSR count). The van der Waals surface area contributed by atoms with E-state index in [2.05, 4.69) is 12.2 Å². The maximum absolute atomic E-state index is 13.1. The molecule has 0 bridgehead atoms. The first-order chi connectivity index (χ1) is 9.04. The SMILES string of the molecule is CC1CCCC(CO)(NCc2ccc(F)c(Cl)c2)C1. The van der Waals surface area contributed by atoms with Gasteiger partial charge in [0.15, 0.2) is 0 Å². The molecular weight excluding hydrogens is 265 g/mol. The van der Waals surface area contributed by atoms with Crippen LogP contribution in [-0.4, -0.2) is 17.3 Å². The Balaban J connectivity index is 2.01. The van der Waals surface area contributed by atoms with E-state index in [1.807, 2.05) is 0 Å². The Kier molecular flexibility index (Phi) is 4.82. The summed E-state index contributed by atoms with van der Waals surface area (Å²) in [7, 11) is 0. The van der Waals surface area contributed by atoms with Gasteiger partial charge in [-0.25, -0.2) is 4.39 Å². The topological polar surface area (TPSA) is 32.3 Å². The van der Waals surface area contributed by atoms with Crippen LogP contribution in [0.4, 0.5) is 4.39 Å². The monoisotopic (exact) mass is 285 g/mol. The van der Waals surface area contributed by atoms with Gasteiger partial charge in [-0.1, -0.05) is 37.4 Å². The lowest BCUT2D eigenvalue weighted by Gasteiger charge is -2.39. The molecule has 2 atom stereocenters. The van der Waals surface area contributed by atoms with Gasteiger partial charge in [0.1, 0.15) is 5.82 Å². The van der Waals surface area contributed by atoms with Crippen LogP contribution in [0.15, 0.2) is 18.2 Å². The fourth-order valence-electron chi connectivity index (χ4n) is 2.96. The van der Waals surface area contributed by atoms with E-state index in [-0.39, 0.29) is 17.2 Å². The smallest absolute Gasteiger partial charge is 0.141 e. The fraction of sp³-hybridized carbons (Fsp3) is 0.600. The van der Waals surface area contributed by atoms with Crippen molar-refractivity contribution in [3.63, 3.8) is 0 Å². The summed E-state index contributed by atoms with van der Waals surface area (Å²) >= 11 is 5.77. The Labute approximate surface area is 119 Å². The molecule has 2 N–H and O–H groups in total. The predicted octanol–water partition coefficient (Wildman–Crippen LogP) is 3.51. The van der Waals surface area contributed by atoms with Gasteiger partial charge in [-0.2, -0.15) is 0 Å². The molecule has 0 aliphatic heterocycles. The van der Waals surface area contributed by atoms with Crippen molar-refractivity contribution in [2.45, 2.75) is 44.7 Å². The summed E-state index contributed by atoms with van der Waals surface area (Å²) < 4.78 is 13.1. The number of aliphatic hydroxyl groups excluding tert-OH is 1. The molecule has 0 radical (unpaired) electrons. The van der Waals surface area contributed by atoms with E-state index in [1.54, 1.807) is 12.1 Å². The largest absolute Gasteiger partial charge is 0.394 e. The number of halogens is 2. The normalized spacial score (nSPS) is 27.5. The van der Waals surface area contributed by atoms with Gasteiger partial charge in [-0.05, 0) is 36.5 Å². The summed E-state index contributed by atoms with van der Waals surface area (Å²) in [6, 6.07) is 4.75. The Morgan fingerprint density at radius 3 is 2.95 bits per heavy atom. The Bertz CT molecular complexity index is 440. The van der Waals surface area contributed by atoms with E-state index in [4.69, 9.17) is 11.6 Å². The second-order valence-electron chi connectivity index (χ2n) is 5.74. The lowest BCUT2D eigenvalue weighted by atomic mass is 9.77. The lowest BCUT2D eigenvalue weighted by Crippen LogP contribution is -2.51. The summed E-state index contributed by atoms with van der Waals surface area (Å²) in [6.45, 7) is 2.97. The van der Waals surface area contributed by atoms with Crippen molar-refractivity contribution in [2.75, 3.05) is 6.61 Å². The highest BCUT2D eigenvalue weighted by Crippen LogP contribution is 2.32. The van der Waals surface area contributed by atoms with Gasteiger partial charge in [-0.15, -0.1) is 0 Å². The third kappa shape index (κ3) is 3.68. The van der Waals surface area contributed by atoms with Crippen LogP contribution in [0.3, 0.4) is 0 Å². The predicted molar refractivity (Wildman–Crippen MR) is 75.7 cm³/mol. The van der Waals surface area contributed by atoms with Crippen molar-refractivity contribution in [1.82, 2.24) is 5.32 Å². The molecule has 1 fully saturated rings. The van der Waals surface area contributed by atoms with Gasteiger partial charge >= 0.3 is 0 Å². The van der Waals surface area contributed by atoms with Gasteiger partial charge in [0.05, 0.1) is 11.6 Å². The molecule has 19 heavy (non-hydrogen) atoms. The highest BCUT2D eigenvalue weighted by molar-refractivity contribution is 6.30. The van der Waals surface area contributed by atoms with Crippen LogP contribution in [-0.2, 0) is 6.54 Å². The standard InChI is InChI=1S/C15H21ClFNO/c1-11-3-2-6-15(8-11,10-19)18-9-12-4-5-14(17)13(16)7-12/h4-5,7,11,18-19H,2-3,6,8-10H2,1H3. The molecule has 2 nitrogen and oxygen atoms in total. The third-order valence-corrected chi connectivity index (χ3v) is 4.34. The number of hydrogen-bond acceptors (Lipinski definition) is 2. The molecule has 1 aromatic rings. The molecule has 1 saturated carbocycles. The maximum Gasteiger partial charge on any atom is 0.141 e. The number of aliphatic hydroxyl groups is 1. The van der Waals surface area contributed by atoms with Crippen molar-refractivity contribution in [2.24, 2.45) is 5.92 Å². The van der Waals surface area contributed by atoms with Crippen LogP contribution in [0, 0.1) is 11.7 Å². The van der Waals surface area contributed by atoms with Crippen molar-refractivity contribution in [3.05, 3.63) is 34.6 Å². The summed E-state index contributed by atoms with van der Waals surface area (Å²) in [5.41, 5.74) is 0.746. The average Bonchev–Trinajstić information content (AvgIpc) is 2.40. The van der Waals surface area contributed by atoms with Crippen molar-refractivity contribution in [3.8, 4) is 0 Å². The molecule has 1 aromatic carbocycles. The minimum Gasteiger partial charge on any atom is -0.394 e. The highest BCUT2D eigenvalue weighted by Gasteiger charge is 2.33. The molecule has 1 aliphatic carbocycles. The second kappa shape index (κ2) is 6.21. The summed E-state index contributed by atoms with van der Waals surface area (Å²) in [6.07, 6.45) is 4.34. The Morgan fingerprint density at radius 1 is 1.53 bits per heavy atom. The summed E-state index contributed by atoms with van der Waals surface area (Å²) in [5.74, 6) is 0.235. The van der Waals surface area contributed by atoms with Crippen LogP contribution in [0.1, 0.15) is 38.2 Å². The van der Waals surface area contributed by atoms with E-state index >= 15 is 0 Å². The minimum atomic E-state index is -0.395. The zero-order chi connectivity index (χ0) is 13.9. The molecule has 4 heteroatoms. The molecule has 1 aliphatic rings. The number of hydrogen-bond donors (Lipinski definition) is 2. The van der Waals surface area contributed by atoms with Crippen molar-refractivity contribution < 1.29 is 9.50 Å². The quantitative estimate of drug-likeness (QED) is 0.887. The fourth-order valence-corrected chi connectivity index (χ4v) is 3.16. The number of rotatable bonds is 4. The van der Waals surface area contributed by atoms with E-state index in [9.17, 15) is 9.50 Å². The van der Waals surface area contributed by atoms with E-state index < -0.39 is 5.82 Å². The molecule has 106 valence electrons. The Morgan fingerprint density at radius 2 is 2.32 bits per heavy atom. The number of nitrogens with one attached hydrogen (secondary N) is 1. The van der Waals surface area contributed by atoms with Crippen LogP contribution < -0.4 is 5.32 Å². The van der Waals surface area contributed by atoms with Gasteiger partial charge < -0.3 is 10.4 Å². The van der Waals surface area contributed by atoms with Crippen LogP contribution in [0.25, 0.3) is 0 Å². The summed E-state index contributed by atoms with van der Waals surface area (Å²) in [5, 5.41) is 13.3. The van der Waals surface area contributed by atoms with Crippen LogP contribution in [0.5, 0.6) is 0 Å². The van der Waals surface area contributed by atoms with Gasteiger partial charge in [-0.3, -0.25) is 0 Å². The maximum atomic E-state index is 13.1. The first-order valence-corrected chi connectivity index (χ1v) is 7.22. The van der Waals surface area contributed by atoms with Crippen molar-refractivity contribution >= 4 is 11.6 Å². The second-order valence-corrected chi connectivity index (χ2v) is 6.15. The molecule has 0 spiro atoms. The lowest BCUT2D eigenvalue weighted by molar-refractivity contribution is 0.0982. The zero-order valence-corrected chi connectivity index (χ0v) is 12.0. The van der Waals surface area contributed by atoms with E-state index in [0.717, 1.165) is 24.8 Å². The average molecular weight is 286 g/mol. The Hall–Kier alpha value is -0.640. The molecule has 0 amide bonds. The van der Waals surface area contributed by atoms with E-state index in [0.29, 0.717) is 12.5 Å². The van der Waals surface area contributed by atoms with Crippen LogP contribution in [0.2, 0.25) is 5.02 Å². The molecule has 0 aromatic heterocycles. The first-order valence-electron chi connectivity index (χ1n) is 6.84. The third-order valence-electron chi connectivity index (χ3n) is 4.05. The highest BCUT2D eigenvalue weighted by atomic mass is 35.5. The van der Waals surface area contributed by atoms with Gasteiger partial charge in [0.25, 0.3) is 0 Å². The summed E-state index contributed by atoms with van der Waals surface area (Å²) in [4.78, 5) is 0. The molecular formula is C15H21ClFNO.